The second-order valence-corrected chi connectivity index (χ2v) is 5.14. The molecule has 1 N–H and O–H groups in total. The monoisotopic (exact) mass is 309 g/mol. The second-order valence-electron chi connectivity index (χ2n) is 5.14. The maximum atomic E-state index is 11.7. The van der Waals surface area contributed by atoms with Gasteiger partial charge in [0.2, 0.25) is 0 Å². The van der Waals surface area contributed by atoms with Crippen molar-refractivity contribution in [2.45, 2.75) is 61.0 Å². The summed E-state index contributed by atoms with van der Waals surface area (Å²) in [5.41, 5.74) is 1.08. The van der Waals surface area contributed by atoms with E-state index < -0.39 is 11.6 Å². The first-order valence-electron chi connectivity index (χ1n) is 7.84. The summed E-state index contributed by atoms with van der Waals surface area (Å²) in [6.45, 7) is 15.2. The molecule has 0 fully saturated rings. The highest BCUT2D eigenvalue weighted by Crippen LogP contribution is 2.06. The Morgan fingerprint density at radius 1 is 1.00 bits per heavy atom. The first-order valence-corrected chi connectivity index (χ1v) is 7.84. The summed E-state index contributed by atoms with van der Waals surface area (Å²) in [5, 5.41) is 2.53. The Labute approximate surface area is 135 Å². The maximum Gasteiger partial charge on any atom is 0.325 e. The molecule has 0 spiro atoms. The number of hydrogen-bond acceptors (Lipinski definition) is 3. The molecule has 4 nitrogen and oxygen atoms in total. The van der Waals surface area contributed by atoms with E-state index in [0.717, 1.165) is 5.56 Å². The van der Waals surface area contributed by atoms with Crippen molar-refractivity contribution in [3.63, 3.8) is 0 Å². The summed E-state index contributed by atoms with van der Waals surface area (Å²) in [6, 6.07) is 7.14. The average molecular weight is 309 g/mol. The van der Waals surface area contributed by atoms with Crippen molar-refractivity contribution in [1.82, 2.24) is 5.32 Å². The molecule has 0 radical (unpaired) electrons. The van der Waals surface area contributed by atoms with Gasteiger partial charge in [0, 0.05) is 5.56 Å². The van der Waals surface area contributed by atoms with Gasteiger partial charge in [-0.3, -0.25) is 9.59 Å². The van der Waals surface area contributed by atoms with E-state index in [1.54, 1.807) is 32.9 Å². The summed E-state index contributed by atoms with van der Waals surface area (Å²) in [5.74, 6) is -0.719. The molecule has 0 atom stereocenters. The van der Waals surface area contributed by atoms with Gasteiger partial charge in [0.25, 0.3) is 5.91 Å². The molecule has 1 aromatic carbocycles. The Bertz CT molecular complexity index is 431. The molecule has 0 aromatic heterocycles. The minimum absolute atomic E-state index is 0.121. The van der Waals surface area contributed by atoms with Crippen molar-refractivity contribution in [3.8, 4) is 0 Å². The van der Waals surface area contributed by atoms with E-state index in [2.05, 4.69) is 5.32 Å². The Kier molecular flexibility index (Phi) is 12.0. The lowest BCUT2D eigenvalue weighted by Gasteiger charge is -2.19. The lowest BCUT2D eigenvalue weighted by atomic mass is 10.1. The molecule has 0 saturated carbocycles. The first kappa shape index (κ1) is 22.4. The summed E-state index contributed by atoms with van der Waals surface area (Å²) in [7, 11) is 0. The van der Waals surface area contributed by atoms with Gasteiger partial charge in [-0.15, -0.1) is 0 Å². The van der Waals surface area contributed by atoms with Crippen LogP contribution in [0.4, 0.5) is 0 Å². The summed E-state index contributed by atoms with van der Waals surface area (Å²) < 4.78 is 5.09. The standard InChI is InChI=1S/C14H19NO3.2C2H6/c1-10-5-7-11(8-6-10)13(17)15-9-12(16)18-14(2,3)4;2*1-2/h5-8H,9H2,1-4H3,(H,15,17);2*1-2H3. The predicted octanol–water partition coefficient (Wildman–Crippen LogP) is 4.12. The smallest absolute Gasteiger partial charge is 0.325 e. The van der Waals surface area contributed by atoms with Crippen LogP contribution in [0.5, 0.6) is 0 Å². The molecule has 4 heteroatoms. The zero-order chi connectivity index (χ0) is 17.8. The molecule has 0 unspecified atom stereocenters. The van der Waals surface area contributed by atoms with Gasteiger partial charge in [-0.05, 0) is 39.8 Å². The minimum Gasteiger partial charge on any atom is -0.459 e. The van der Waals surface area contributed by atoms with E-state index in [1.807, 2.05) is 46.8 Å². The normalized spacial score (nSPS) is 9.45. The van der Waals surface area contributed by atoms with E-state index in [1.165, 1.54) is 0 Å². The van der Waals surface area contributed by atoms with Gasteiger partial charge in [-0.1, -0.05) is 45.4 Å². The van der Waals surface area contributed by atoms with Gasteiger partial charge < -0.3 is 10.1 Å². The van der Waals surface area contributed by atoms with Gasteiger partial charge in [-0.2, -0.15) is 0 Å². The van der Waals surface area contributed by atoms with Gasteiger partial charge in [-0.25, -0.2) is 0 Å². The van der Waals surface area contributed by atoms with Crippen LogP contribution in [-0.2, 0) is 9.53 Å². The number of hydrogen-bond donors (Lipinski definition) is 1. The molecule has 0 saturated heterocycles. The van der Waals surface area contributed by atoms with Gasteiger partial charge in [0.1, 0.15) is 12.1 Å². The molecule has 0 aliphatic rings. The number of ether oxygens (including phenoxy) is 1. The van der Waals surface area contributed by atoms with Crippen molar-refractivity contribution < 1.29 is 14.3 Å². The predicted molar refractivity (Wildman–Crippen MR) is 92.1 cm³/mol. The van der Waals surface area contributed by atoms with E-state index in [-0.39, 0.29) is 12.5 Å². The fourth-order valence-corrected chi connectivity index (χ4v) is 1.34. The van der Waals surface area contributed by atoms with Crippen molar-refractivity contribution >= 4 is 11.9 Å². The third-order valence-corrected chi connectivity index (χ3v) is 2.13. The van der Waals surface area contributed by atoms with Gasteiger partial charge in [0.05, 0.1) is 0 Å². The molecule has 1 amide bonds. The number of carbonyl (C=O) groups excluding carboxylic acids is 2. The highest BCUT2D eigenvalue weighted by molar-refractivity contribution is 5.95. The quantitative estimate of drug-likeness (QED) is 0.855. The lowest BCUT2D eigenvalue weighted by molar-refractivity contribution is -0.153. The third kappa shape index (κ3) is 10.9. The van der Waals surface area contributed by atoms with Crippen LogP contribution in [0, 0.1) is 6.92 Å². The topological polar surface area (TPSA) is 55.4 Å². The van der Waals surface area contributed by atoms with Gasteiger partial charge >= 0.3 is 5.97 Å². The maximum absolute atomic E-state index is 11.7. The fourth-order valence-electron chi connectivity index (χ4n) is 1.34. The Morgan fingerprint density at radius 3 is 1.86 bits per heavy atom. The van der Waals surface area contributed by atoms with Crippen LogP contribution < -0.4 is 5.32 Å². The summed E-state index contributed by atoms with van der Waals surface area (Å²) in [4.78, 5) is 23.1. The Morgan fingerprint density at radius 2 is 1.45 bits per heavy atom. The zero-order valence-electron chi connectivity index (χ0n) is 15.2. The number of nitrogens with one attached hydrogen (secondary N) is 1. The zero-order valence-corrected chi connectivity index (χ0v) is 15.2. The largest absolute Gasteiger partial charge is 0.459 e. The second kappa shape index (κ2) is 11.8. The summed E-state index contributed by atoms with van der Waals surface area (Å²) >= 11 is 0. The molecule has 1 aromatic rings. The van der Waals surface area contributed by atoms with Crippen molar-refractivity contribution in [2.75, 3.05) is 6.54 Å². The number of benzene rings is 1. The molecule has 0 heterocycles. The molecule has 126 valence electrons. The number of esters is 1. The SMILES string of the molecule is CC.CC.Cc1ccc(C(=O)NCC(=O)OC(C)(C)C)cc1. The van der Waals surface area contributed by atoms with E-state index in [0.29, 0.717) is 5.56 Å². The van der Waals surface area contributed by atoms with E-state index in [9.17, 15) is 9.59 Å². The lowest BCUT2D eigenvalue weighted by Crippen LogP contribution is -2.34. The molecular formula is C18H31NO3. The highest BCUT2D eigenvalue weighted by atomic mass is 16.6. The first-order chi connectivity index (χ1) is 10.3. The molecule has 0 aliphatic heterocycles. The number of amides is 1. The van der Waals surface area contributed by atoms with Gasteiger partial charge in [0.15, 0.2) is 0 Å². The molecule has 22 heavy (non-hydrogen) atoms. The number of carbonyl (C=O) groups is 2. The highest BCUT2D eigenvalue weighted by Gasteiger charge is 2.16. The van der Waals surface area contributed by atoms with Crippen molar-refractivity contribution in [1.29, 1.82) is 0 Å². The number of rotatable bonds is 3. The number of aryl methyl sites for hydroxylation is 1. The van der Waals surface area contributed by atoms with Crippen molar-refractivity contribution in [3.05, 3.63) is 35.4 Å². The Balaban J connectivity index is 0. The van der Waals surface area contributed by atoms with Crippen molar-refractivity contribution in [2.24, 2.45) is 0 Å². The Hall–Kier alpha value is -1.84. The van der Waals surface area contributed by atoms with Crippen LogP contribution in [0.2, 0.25) is 0 Å². The van der Waals surface area contributed by atoms with Crippen LogP contribution in [0.25, 0.3) is 0 Å². The summed E-state index contributed by atoms with van der Waals surface area (Å²) in [6.07, 6.45) is 0. The van der Waals surface area contributed by atoms with Crippen LogP contribution in [0.1, 0.15) is 64.4 Å². The fraction of sp³-hybridized carbons (Fsp3) is 0.556. The average Bonchev–Trinajstić information content (AvgIpc) is 2.48. The van der Waals surface area contributed by atoms with E-state index in [4.69, 9.17) is 4.74 Å². The van der Waals surface area contributed by atoms with Crippen LogP contribution in [0.15, 0.2) is 24.3 Å². The minimum atomic E-state index is -0.536. The molecule has 0 bridgehead atoms. The van der Waals surface area contributed by atoms with Crippen LogP contribution >= 0.6 is 0 Å². The van der Waals surface area contributed by atoms with E-state index >= 15 is 0 Å². The molecular weight excluding hydrogens is 278 g/mol. The third-order valence-electron chi connectivity index (χ3n) is 2.13. The molecule has 0 aliphatic carbocycles. The van der Waals surface area contributed by atoms with Crippen LogP contribution in [0.3, 0.4) is 0 Å². The van der Waals surface area contributed by atoms with Crippen LogP contribution in [-0.4, -0.2) is 24.0 Å². The molecule has 1 rings (SSSR count).